The van der Waals surface area contributed by atoms with E-state index in [1.165, 1.54) is 6.07 Å². The molecule has 0 fully saturated rings. The summed E-state index contributed by atoms with van der Waals surface area (Å²) in [5.41, 5.74) is 0.949. The first-order valence-electron chi connectivity index (χ1n) is 5.84. The highest BCUT2D eigenvalue weighted by Crippen LogP contribution is 2.37. The van der Waals surface area contributed by atoms with Crippen LogP contribution in [0.5, 0.6) is 0 Å². The summed E-state index contributed by atoms with van der Waals surface area (Å²) < 4.78 is 0. The number of hydrogen-bond acceptors (Lipinski definition) is 3. The normalized spacial score (nSPS) is 17.1. The number of rotatable bonds is 2. The molecule has 2 N–H and O–H groups in total. The van der Waals surface area contributed by atoms with E-state index in [-0.39, 0.29) is 11.5 Å². The SMILES string of the molecule is CCN1c2ccc(C(=O)O)cc2NC(=O)C1(C)C. The maximum Gasteiger partial charge on any atom is 0.335 e. The van der Waals surface area contributed by atoms with Gasteiger partial charge in [0.25, 0.3) is 0 Å². The number of aromatic carboxylic acids is 1. The van der Waals surface area contributed by atoms with E-state index < -0.39 is 11.5 Å². The van der Waals surface area contributed by atoms with E-state index in [9.17, 15) is 9.59 Å². The molecule has 0 aromatic heterocycles. The van der Waals surface area contributed by atoms with Crippen LogP contribution in [0.4, 0.5) is 11.4 Å². The second kappa shape index (κ2) is 4.01. The summed E-state index contributed by atoms with van der Waals surface area (Å²) >= 11 is 0. The van der Waals surface area contributed by atoms with Gasteiger partial charge in [0.15, 0.2) is 0 Å². The fraction of sp³-hybridized carbons (Fsp3) is 0.385. The Bertz CT molecular complexity index is 523. The first-order chi connectivity index (χ1) is 8.37. The number of fused-ring (bicyclic) bond motifs is 1. The minimum absolute atomic E-state index is 0.126. The lowest BCUT2D eigenvalue weighted by atomic mass is 9.96. The van der Waals surface area contributed by atoms with Gasteiger partial charge in [-0.05, 0) is 39.0 Å². The third-order valence-electron chi connectivity index (χ3n) is 3.33. The van der Waals surface area contributed by atoms with Gasteiger partial charge >= 0.3 is 5.97 Å². The molecule has 1 aliphatic heterocycles. The summed E-state index contributed by atoms with van der Waals surface area (Å²) in [5.74, 6) is -1.13. The van der Waals surface area contributed by atoms with Crippen molar-refractivity contribution in [3.8, 4) is 0 Å². The Morgan fingerprint density at radius 3 is 2.67 bits per heavy atom. The van der Waals surface area contributed by atoms with Gasteiger partial charge in [0.05, 0.1) is 16.9 Å². The minimum Gasteiger partial charge on any atom is -0.478 e. The molecule has 5 heteroatoms. The number of likely N-dealkylation sites (N-methyl/N-ethyl adjacent to an activating group) is 1. The van der Waals surface area contributed by atoms with Gasteiger partial charge in [0.1, 0.15) is 5.54 Å². The minimum atomic E-state index is -1.00. The van der Waals surface area contributed by atoms with Crippen LogP contribution in [0.1, 0.15) is 31.1 Å². The van der Waals surface area contributed by atoms with E-state index in [1.807, 2.05) is 25.7 Å². The third kappa shape index (κ3) is 1.72. The summed E-state index contributed by atoms with van der Waals surface area (Å²) in [6, 6.07) is 4.79. The van der Waals surface area contributed by atoms with Crippen LogP contribution in [0.25, 0.3) is 0 Å². The van der Waals surface area contributed by atoms with Crippen LogP contribution < -0.4 is 10.2 Å². The number of carboxylic acid groups (broad SMARTS) is 1. The molecule has 1 heterocycles. The van der Waals surface area contributed by atoms with Crippen molar-refractivity contribution >= 4 is 23.3 Å². The lowest BCUT2D eigenvalue weighted by molar-refractivity contribution is -0.120. The van der Waals surface area contributed by atoms with E-state index in [2.05, 4.69) is 5.32 Å². The van der Waals surface area contributed by atoms with Crippen molar-refractivity contribution in [2.75, 3.05) is 16.8 Å². The van der Waals surface area contributed by atoms with Crippen LogP contribution in [-0.2, 0) is 4.79 Å². The number of carbonyl (C=O) groups is 2. The maximum absolute atomic E-state index is 12.0. The standard InChI is InChI=1S/C13H16N2O3/c1-4-15-10-6-5-8(11(16)17)7-9(10)14-12(18)13(15,2)3/h5-7H,4H2,1-3H3,(H,14,18)(H,16,17). The lowest BCUT2D eigenvalue weighted by Gasteiger charge is -2.43. The van der Waals surface area contributed by atoms with Crippen molar-refractivity contribution < 1.29 is 14.7 Å². The molecule has 1 aromatic rings. The molecule has 0 spiro atoms. The highest BCUT2D eigenvalue weighted by Gasteiger charge is 2.39. The fourth-order valence-electron chi connectivity index (χ4n) is 2.27. The number of benzene rings is 1. The van der Waals surface area contributed by atoms with Crippen molar-refractivity contribution in [2.45, 2.75) is 26.3 Å². The predicted molar refractivity (Wildman–Crippen MR) is 69.1 cm³/mol. The van der Waals surface area contributed by atoms with E-state index in [0.717, 1.165) is 5.69 Å². The van der Waals surface area contributed by atoms with Gasteiger partial charge in [0.2, 0.25) is 5.91 Å². The molecule has 0 bridgehead atoms. The molecule has 0 saturated heterocycles. The van der Waals surface area contributed by atoms with Crippen molar-refractivity contribution in [3.05, 3.63) is 23.8 Å². The molecule has 0 unspecified atom stereocenters. The zero-order valence-corrected chi connectivity index (χ0v) is 10.7. The molecule has 0 atom stereocenters. The third-order valence-corrected chi connectivity index (χ3v) is 3.33. The number of carboxylic acids is 1. The van der Waals surface area contributed by atoms with E-state index >= 15 is 0 Å². The molecule has 0 aliphatic carbocycles. The van der Waals surface area contributed by atoms with Crippen molar-refractivity contribution in [2.24, 2.45) is 0 Å². The predicted octanol–water partition coefficient (Wildman–Crippen LogP) is 1.94. The van der Waals surface area contributed by atoms with Gasteiger partial charge < -0.3 is 15.3 Å². The van der Waals surface area contributed by atoms with Crippen LogP contribution in [0.3, 0.4) is 0 Å². The molecule has 2 rings (SSSR count). The number of hydrogen-bond donors (Lipinski definition) is 2. The quantitative estimate of drug-likeness (QED) is 0.839. The molecule has 0 saturated carbocycles. The molecule has 18 heavy (non-hydrogen) atoms. The van der Waals surface area contributed by atoms with Crippen LogP contribution >= 0.6 is 0 Å². The smallest absolute Gasteiger partial charge is 0.335 e. The van der Waals surface area contributed by atoms with E-state index in [0.29, 0.717) is 12.2 Å². The van der Waals surface area contributed by atoms with Crippen LogP contribution in [0.2, 0.25) is 0 Å². The Hall–Kier alpha value is -2.04. The topological polar surface area (TPSA) is 69.6 Å². The molecule has 0 radical (unpaired) electrons. The molecule has 1 aliphatic rings. The highest BCUT2D eigenvalue weighted by molar-refractivity contribution is 6.07. The van der Waals surface area contributed by atoms with Gasteiger partial charge in [-0.15, -0.1) is 0 Å². The average Bonchev–Trinajstić information content (AvgIpc) is 2.30. The molecule has 5 nitrogen and oxygen atoms in total. The first kappa shape index (κ1) is 12.4. The Labute approximate surface area is 105 Å². The summed E-state index contributed by atoms with van der Waals surface area (Å²) in [6.45, 7) is 6.34. The number of amides is 1. The van der Waals surface area contributed by atoms with Gasteiger partial charge in [-0.25, -0.2) is 4.79 Å². The number of nitrogens with zero attached hydrogens (tertiary/aromatic N) is 1. The van der Waals surface area contributed by atoms with E-state index in [4.69, 9.17) is 5.11 Å². The van der Waals surface area contributed by atoms with Crippen LogP contribution in [0.15, 0.2) is 18.2 Å². The molecular formula is C13H16N2O3. The first-order valence-corrected chi connectivity index (χ1v) is 5.84. The van der Waals surface area contributed by atoms with Crippen LogP contribution in [0, 0.1) is 0 Å². The number of anilines is 2. The van der Waals surface area contributed by atoms with Gasteiger partial charge in [-0.3, -0.25) is 4.79 Å². The van der Waals surface area contributed by atoms with Gasteiger partial charge in [-0.1, -0.05) is 0 Å². The second-order valence-corrected chi connectivity index (χ2v) is 4.79. The van der Waals surface area contributed by atoms with Gasteiger partial charge in [-0.2, -0.15) is 0 Å². The van der Waals surface area contributed by atoms with Crippen molar-refractivity contribution in [1.82, 2.24) is 0 Å². The Balaban J connectivity index is 2.55. The fourth-order valence-corrected chi connectivity index (χ4v) is 2.27. The number of nitrogens with one attached hydrogen (secondary N) is 1. The van der Waals surface area contributed by atoms with E-state index in [1.54, 1.807) is 12.1 Å². The Morgan fingerprint density at radius 2 is 2.11 bits per heavy atom. The Morgan fingerprint density at radius 1 is 1.44 bits per heavy atom. The van der Waals surface area contributed by atoms with Gasteiger partial charge in [0, 0.05) is 6.54 Å². The van der Waals surface area contributed by atoms with Crippen molar-refractivity contribution in [1.29, 1.82) is 0 Å². The summed E-state index contributed by atoms with van der Waals surface area (Å²) in [7, 11) is 0. The second-order valence-electron chi connectivity index (χ2n) is 4.79. The zero-order chi connectivity index (χ0) is 13.5. The average molecular weight is 248 g/mol. The maximum atomic E-state index is 12.0. The largest absolute Gasteiger partial charge is 0.478 e. The summed E-state index contributed by atoms with van der Waals surface area (Å²) in [5, 5.41) is 11.7. The zero-order valence-electron chi connectivity index (χ0n) is 10.7. The summed E-state index contributed by atoms with van der Waals surface area (Å²) in [4.78, 5) is 24.9. The Kier molecular flexibility index (Phi) is 2.77. The number of carbonyl (C=O) groups excluding carboxylic acids is 1. The highest BCUT2D eigenvalue weighted by atomic mass is 16.4. The molecular weight excluding hydrogens is 232 g/mol. The monoisotopic (exact) mass is 248 g/mol. The lowest BCUT2D eigenvalue weighted by Crippen LogP contribution is -2.56. The van der Waals surface area contributed by atoms with Crippen LogP contribution in [-0.4, -0.2) is 29.1 Å². The molecule has 1 amide bonds. The molecule has 96 valence electrons. The summed E-state index contributed by atoms with van der Waals surface area (Å²) in [6.07, 6.45) is 0. The van der Waals surface area contributed by atoms with Crippen molar-refractivity contribution in [3.63, 3.8) is 0 Å². The molecule has 1 aromatic carbocycles.